The predicted molar refractivity (Wildman–Crippen MR) is 109 cm³/mol. The summed E-state index contributed by atoms with van der Waals surface area (Å²) in [5, 5.41) is 3.52. The Morgan fingerprint density at radius 3 is 2.11 bits per heavy atom. The highest BCUT2D eigenvalue weighted by atomic mass is 19.4. The Morgan fingerprint density at radius 2 is 1.57 bits per heavy atom. The van der Waals surface area contributed by atoms with Crippen molar-refractivity contribution in [3.63, 3.8) is 0 Å². The van der Waals surface area contributed by atoms with Crippen molar-refractivity contribution in [3.8, 4) is 0 Å². The Labute approximate surface area is 166 Å². The summed E-state index contributed by atoms with van der Waals surface area (Å²) in [4.78, 5) is 3.75. The summed E-state index contributed by atoms with van der Waals surface area (Å²) in [6.07, 6.45) is 0.444. The molecule has 1 aromatic rings. The molecule has 1 saturated heterocycles. The molecule has 0 unspecified atom stereocenters. The van der Waals surface area contributed by atoms with E-state index < -0.39 is 12.7 Å². The zero-order valence-electron chi connectivity index (χ0n) is 16.9. The SMILES string of the molecule is C[C@@H]1CN(c2ccc(NCC3CCC(N)CC3)cc2)C[C@@H](C)N1CC(F)(F)F. The van der Waals surface area contributed by atoms with Gasteiger partial charge in [0.15, 0.2) is 0 Å². The van der Waals surface area contributed by atoms with Gasteiger partial charge in [-0.1, -0.05) is 0 Å². The molecule has 0 bridgehead atoms. The van der Waals surface area contributed by atoms with E-state index in [1.54, 1.807) is 4.90 Å². The minimum atomic E-state index is -4.15. The first-order valence-electron chi connectivity index (χ1n) is 10.4. The normalized spacial score (nSPS) is 29.7. The largest absolute Gasteiger partial charge is 0.401 e. The lowest BCUT2D eigenvalue weighted by atomic mass is 9.86. The number of rotatable bonds is 5. The lowest BCUT2D eigenvalue weighted by molar-refractivity contribution is -0.156. The zero-order chi connectivity index (χ0) is 20.3. The summed E-state index contributed by atoms with van der Waals surface area (Å²) in [5.74, 6) is 0.683. The average molecular weight is 399 g/mol. The van der Waals surface area contributed by atoms with Gasteiger partial charge in [-0.05, 0) is 69.7 Å². The number of nitrogens with one attached hydrogen (secondary N) is 1. The van der Waals surface area contributed by atoms with E-state index in [0.29, 0.717) is 25.0 Å². The van der Waals surface area contributed by atoms with Crippen molar-refractivity contribution in [1.29, 1.82) is 0 Å². The van der Waals surface area contributed by atoms with Crippen molar-refractivity contribution < 1.29 is 13.2 Å². The third-order valence-electron chi connectivity index (χ3n) is 6.18. The number of nitrogens with two attached hydrogens (primary N) is 1. The minimum Gasteiger partial charge on any atom is -0.385 e. The highest BCUT2D eigenvalue weighted by Crippen LogP contribution is 2.28. The van der Waals surface area contributed by atoms with Crippen molar-refractivity contribution >= 4 is 11.4 Å². The van der Waals surface area contributed by atoms with Crippen LogP contribution >= 0.6 is 0 Å². The number of halogens is 3. The molecular weight excluding hydrogens is 365 g/mol. The summed E-state index contributed by atoms with van der Waals surface area (Å²) in [6, 6.07) is 8.37. The topological polar surface area (TPSA) is 44.5 Å². The second-order valence-electron chi connectivity index (χ2n) is 8.60. The zero-order valence-corrected chi connectivity index (χ0v) is 16.9. The van der Waals surface area contributed by atoms with E-state index >= 15 is 0 Å². The maximum Gasteiger partial charge on any atom is 0.401 e. The molecule has 3 rings (SSSR count). The van der Waals surface area contributed by atoms with Crippen LogP contribution in [0.15, 0.2) is 24.3 Å². The van der Waals surface area contributed by atoms with Crippen molar-refractivity contribution in [2.24, 2.45) is 11.7 Å². The third kappa shape index (κ3) is 5.77. The molecule has 158 valence electrons. The van der Waals surface area contributed by atoms with Gasteiger partial charge in [-0.15, -0.1) is 0 Å². The Kier molecular flexibility index (Phi) is 6.76. The van der Waals surface area contributed by atoms with E-state index in [4.69, 9.17) is 5.73 Å². The van der Waals surface area contributed by atoms with Gasteiger partial charge in [-0.2, -0.15) is 13.2 Å². The number of hydrogen-bond donors (Lipinski definition) is 2. The van der Waals surface area contributed by atoms with Crippen molar-refractivity contribution in [1.82, 2.24) is 4.90 Å². The van der Waals surface area contributed by atoms with E-state index in [2.05, 4.69) is 34.5 Å². The summed E-state index contributed by atoms with van der Waals surface area (Å²) in [7, 11) is 0. The lowest BCUT2D eigenvalue weighted by Gasteiger charge is -2.45. The Hall–Kier alpha value is -1.47. The summed E-state index contributed by atoms with van der Waals surface area (Å²) in [6.45, 7) is 5.10. The van der Waals surface area contributed by atoms with Crippen LogP contribution in [0.2, 0.25) is 0 Å². The second kappa shape index (κ2) is 8.91. The fourth-order valence-electron chi connectivity index (χ4n) is 4.53. The molecule has 4 nitrogen and oxygen atoms in total. The molecule has 0 radical (unpaired) electrons. The standard InChI is InChI=1S/C21H33F3N4/c1-15-12-27(13-16(2)28(15)14-21(22,23)24)20-9-7-19(8-10-20)26-11-17-3-5-18(25)6-4-17/h7-10,15-18,26H,3-6,11-14,25H2,1-2H3/t15-,16-,17?,18?/m1/s1. The van der Waals surface area contributed by atoms with Crippen LogP contribution in [0.3, 0.4) is 0 Å². The van der Waals surface area contributed by atoms with Gasteiger partial charge in [0.05, 0.1) is 6.54 Å². The summed E-state index contributed by atoms with van der Waals surface area (Å²) >= 11 is 0. The Bertz CT molecular complexity index is 599. The molecule has 1 heterocycles. The molecule has 1 saturated carbocycles. The maximum atomic E-state index is 12.8. The van der Waals surface area contributed by atoms with Crippen LogP contribution in [0.1, 0.15) is 39.5 Å². The van der Waals surface area contributed by atoms with E-state index in [9.17, 15) is 13.2 Å². The smallest absolute Gasteiger partial charge is 0.385 e. The molecule has 1 aliphatic heterocycles. The number of hydrogen-bond acceptors (Lipinski definition) is 4. The number of anilines is 2. The van der Waals surface area contributed by atoms with Crippen molar-refractivity contribution in [3.05, 3.63) is 24.3 Å². The number of benzene rings is 1. The molecule has 2 atom stereocenters. The highest BCUT2D eigenvalue weighted by Gasteiger charge is 2.38. The summed E-state index contributed by atoms with van der Waals surface area (Å²) < 4.78 is 38.4. The Balaban J connectivity index is 1.52. The van der Waals surface area contributed by atoms with Gasteiger partial charge < -0.3 is 16.0 Å². The number of piperazine rings is 1. The van der Waals surface area contributed by atoms with Gasteiger partial charge in [0.25, 0.3) is 0 Å². The Morgan fingerprint density at radius 1 is 1.00 bits per heavy atom. The quantitative estimate of drug-likeness (QED) is 0.785. The number of nitrogens with zero attached hydrogens (tertiary/aromatic N) is 2. The van der Waals surface area contributed by atoms with Gasteiger partial charge in [0.2, 0.25) is 0 Å². The average Bonchev–Trinajstić information content (AvgIpc) is 2.64. The van der Waals surface area contributed by atoms with Gasteiger partial charge in [-0.3, -0.25) is 4.90 Å². The molecule has 1 aliphatic carbocycles. The van der Waals surface area contributed by atoms with E-state index in [-0.39, 0.29) is 12.1 Å². The van der Waals surface area contributed by atoms with Crippen LogP contribution < -0.4 is 16.0 Å². The molecule has 3 N–H and O–H groups in total. The van der Waals surface area contributed by atoms with E-state index in [1.165, 1.54) is 12.8 Å². The van der Waals surface area contributed by atoms with Crippen LogP contribution in [0.25, 0.3) is 0 Å². The lowest BCUT2D eigenvalue weighted by Crippen LogP contribution is -2.58. The van der Waals surface area contributed by atoms with Crippen LogP contribution in [0, 0.1) is 5.92 Å². The van der Waals surface area contributed by atoms with Crippen LogP contribution in [0.5, 0.6) is 0 Å². The molecule has 0 aromatic heterocycles. The molecular formula is C21H33F3N4. The number of alkyl halides is 3. The first-order valence-corrected chi connectivity index (χ1v) is 10.4. The van der Waals surface area contributed by atoms with Crippen LogP contribution in [0.4, 0.5) is 24.5 Å². The third-order valence-corrected chi connectivity index (χ3v) is 6.18. The van der Waals surface area contributed by atoms with Gasteiger partial charge in [-0.25, -0.2) is 0 Å². The molecule has 2 fully saturated rings. The van der Waals surface area contributed by atoms with Crippen molar-refractivity contribution in [2.45, 2.75) is 63.8 Å². The molecule has 28 heavy (non-hydrogen) atoms. The van der Waals surface area contributed by atoms with Crippen LogP contribution in [-0.4, -0.2) is 55.4 Å². The first kappa shape index (κ1) is 21.2. The molecule has 0 amide bonds. The molecule has 0 spiro atoms. The minimum absolute atomic E-state index is 0.138. The monoisotopic (exact) mass is 398 g/mol. The maximum absolute atomic E-state index is 12.8. The summed E-state index contributed by atoms with van der Waals surface area (Å²) in [5.41, 5.74) is 8.13. The molecule has 1 aromatic carbocycles. The first-order chi connectivity index (χ1) is 13.2. The van der Waals surface area contributed by atoms with Crippen molar-refractivity contribution in [2.75, 3.05) is 36.4 Å². The van der Waals surface area contributed by atoms with Gasteiger partial charge >= 0.3 is 6.18 Å². The molecule has 7 heteroatoms. The van der Waals surface area contributed by atoms with E-state index in [1.807, 2.05) is 13.8 Å². The van der Waals surface area contributed by atoms with Gasteiger partial charge in [0, 0.05) is 49.1 Å². The highest BCUT2D eigenvalue weighted by molar-refractivity contribution is 5.55. The van der Waals surface area contributed by atoms with Crippen LogP contribution in [-0.2, 0) is 0 Å². The second-order valence-corrected chi connectivity index (χ2v) is 8.60. The molecule has 2 aliphatic rings. The fourth-order valence-corrected chi connectivity index (χ4v) is 4.53. The predicted octanol–water partition coefficient (Wildman–Crippen LogP) is 4.08. The fraction of sp³-hybridized carbons (Fsp3) is 0.714. The van der Waals surface area contributed by atoms with E-state index in [0.717, 1.165) is 30.8 Å². The van der Waals surface area contributed by atoms with Gasteiger partial charge in [0.1, 0.15) is 0 Å².